The Kier molecular flexibility index (Phi) is 3.84. The maximum absolute atomic E-state index is 13.3. The Morgan fingerprint density at radius 3 is 2.83 bits per heavy atom. The van der Waals surface area contributed by atoms with Crippen LogP contribution in [-0.4, -0.2) is 12.4 Å². The summed E-state index contributed by atoms with van der Waals surface area (Å²) in [4.78, 5) is 11.6. The predicted octanol–water partition coefficient (Wildman–Crippen LogP) is 2.96. The van der Waals surface area contributed by atoms with Crippen LogP contribution in [0.5, 0.6) is 0 Å². The van der Waals surface area contributed by atoms with Crippen molar-refractivity contribution >= 4 is 5.78 Å². The van der Waals surface area contributed by atoms with Gasteiger partial charge in [-0.1, -0.05) is 0 Å². The van der Waals surface area contributed by atoms with E-state index in [1.807, 2.05) is 0 Å². The van der Waals surface area contributed by atoms with E-state index in [4.69, 9.17) is 9.15 Å². The van der Waals surface area contributed by atoms with Crippen molar-refractivity contribution in [3.05, 3.63) is 59.6 Å². The lowest BCUT2D eigenvalue weighted by Crippen LogP contribution is -2.11. The van der Waals surface area contributed by atoms with Gasteiger partial charge in [0, 0.05) is 0 Å². The van der Waals surface area contributed by atoms with E-state index >= 15 is 0 Å². The minimum atomic E-state index is -0.761. The lowest BCUT2D eigenvalue weighted by atomic mass is 10.1. The fraction of sp³-hybridized carbons (Fsp3) is 0.154. The number of rotatable bonds is 5. The summed E-state index contributed by atoms with van der Waals surface area (Å²) >= 11 is 0. The van der Waals surface area contributed by atoms with Crippen molar-refractivity contribution in [2.75, 3.05) is 6.61 Å². The third kappa shape index (κ3) is 3.01. The van der Waals surface area contributed by atoms with Gasteiger partial charge in [-0.2, -0.15) is 0 Å². The Balaban J connectivity index is 1.93. The van der Waals surface area contributed by atoms with Gasteiger partial charge >= 0.3 is 0 Å². The van der Waals surface area contributed by atoms with Crippen molar-refractivity contribution in [1.29, 1.82) is 0 Å². The number of ketones is 1. The Labute approximate surface area is 102 Å². The average molecular weight is 252 g/mol. The molecule has 0 saturated carbocycles. The molecule has 3 nitrogen and oxygen atoms in total. The molecule has 2 rings (SSSR count). The van der Waals surface area contributed by atoms with Crippen LogP contribution in [-0.2, 0) is 11.3 Å². The molecule has 0 radical (unpaired) electrons. The van der Waals surface area contributed by atoms with Crippen LogP contribution in [0.1, 0.15) is 16.1 Å². The molecule has 94 valence electrons. The molecule has 0 spiro atoms. The highest BCUT2D eigenvalue weighted by molar-refractivity contribution is 5.97. The molecule has 0 aliphatic rings. The number of hydrogen-bond acceptors (Lipinski definition) is 3. The van der Waals surface area contributed by atoms with Gasteiger partial charge in [-0.05, 0) is 30.3 Å². The molecular formula is C13H10F2O3. The van der Waals surface area contributed by atoms with Crippen LogP contribution in [0.4, 0.5) is 8.78 Å². The van der Waals surface area contributed by atoms with Gasteiger partial charge in [0.15, 0.2) is 5.78 Å². The Hall–Kier alpha value is -2.01. The van der Waals surface area contributed by atoms with Crippen molar-refractivity contribution in [1.82, 2.24) is 0 Å². The second-order valence-corrected chi connectivity index (χ2v) is 3.62. The number of halogens is 2. The van der Waals surface area contributed by atoms with Gasteiger partial charge in [0.05, 0.1) is 11.8 Å². The smallest absolute Gasteiger partial charge is 0.191 e. The highest BCUT2D eigenvalue weighted by Gasteiger charge is 2.13. The zero-order chi connectivity index (χ0) is 13.0. The molecule has 0 fully saturated rings. The fourth-order valence-electron chi connectivity index (χ4n) is 1.43. The predicted molar refractivity (Wildman–Crippen MR) is 59.1 cm³/mol. The highest BCUT2D eigenvalue weighted by atomic mass is 19.1. The van der Waals surface area contributed by atoms with Gasteiger partial charge in [-0.15, -0.1) is 0 Å². The monoisotopic (exact) mass is 252 g/mol. The molecule has 0 saturated heterocycles. The maximum Gasteiger partial charge on any atom is 0.191 e. The molecule has 1 aromatic heterocycles. The van der Waals surface area contributed by atoms with E-state index in [0.717, 1.165) is 18.2 Å². The minimum absolute atomic E-state index is 0.107. The van der Waals surface area contributed by atoms with Crippen molar-refractivity contribution in [2.24, 2.45) is 0 Å². The lowest BCUT2D eigenvalue weighted by Gasteiger charge is -2.03. The Bertz CT molecular complexity index is 535. The molecule has 0 amide bonds. The topological polar surface area (TPSA) is 39.4 Å². The lowest BCUT2D eigenvalue weighted by molar-refractivity contribution is 0.0687. The van der Waals surface area contributed by atoms with Crippen LogP contribution in [0, 0.1) is 11.6 Å². The van der Waals surface area contributed by atoms with E-state index in [1.165, 1.54) is 6.26 Å². The summed E-state index contributed by atoms with van der Waals surface area (Å²) in [6, 6.07) is 6.10. The van der Waals surface area contributed by atoms with E-state index in [9.17, 15) is 13.6 Å². The number of furan rings is 1. The van der Waals surface area contributed by atoms with E-state index < -0.39 is 17.4 Å². The third-order valence-corrected chi connectivity index (χ3v) is 2.29. The number of benzene rings is 1. The largest absolute Gasteiger partial charge is 0.467 e. The first-order chi connectivity index (χ1) is 8.66. The van der Waals surface area contributed by atoms with Crippen LogP contribution in [0.3, 0.4) is 0 Å². The number of Topliss-reactive ketones (excluding diaryl/α,β-unsaturated/α-hetero) is 1. The summed E-state index contributed by atoms with van der Waals surface area (Å²) in [6.07, 6.45) is 1.48. The number of ether oxygens (including phenoxy) is 1. The van der Waals surface area contributed by atoms with E-state index in [0.29, 0.717) is 5.76 Å². The normalized spacial score (nSPS) is 10.6. The molecule has 0 aliphatic carbocycles. The average Bonchev–Trinajstić information content (AvgIpc) is 2.85. The summed E-state index contributed by atoms with van der Waals surface area (Å²) in [6.45, 7) is -0.225. The zero-order valence-corrected chi connectivity index (χ0v) is 9.36. The molecule has 0 atom stereocenters. The molecule has 0 aliphatic heterocycles. The molecule has 18 heavy (non-hydrogen) atoms. The minimum Gasteiger partial charge on any atom is -0.467 e. The van der Waals surface area contributed by atoms with Crippen molar-refractivity contribution in [3.63, 3.8) is 0 Å². The van der Waals surface area contributed by atoms with Crippen LogP contribution in [0.15, 0.2) is 41.0 Å². The van der Waals surface area contributed by atoms with Crippen molar-refractivity contribution in [3.8, 4) is 0 Å². The number of carbonyl (C=O) groups is 1. The molecule has 1 aromatic carbocycles. The van der Waals surface area contributed by atoms with E-state index in [1.54, 1.807) is 12.1 Å². The summed E-state index contributed by atoms with van der Waals surface area (Å²) in [5, 5.41) is 0. The summed E-state index contributed by atoms with van der Waals surface area (Å²) < 4.78 is 36.2. The van der Waals surface area contributed by atoms with Gasteiger partial charge in [0.2, 0.25) is 0 Å². The summed E-state index contributed by atoms with van der Waals surface area (Å²) in [5.74, 6) is -1.48. The second-order valence-electron chi connectivity index (χ2n) is 3.62. The quantitative estimate of drug-likeness (QED) is 0.768. The summed E-state index contributed by atoms with van der Waals surface area (Å²) in [7, 11) is 0. The molecule has 1 heterocycles. The SMILES string of the molecule is O=C(COCc1ccco1)c1cc(F)ccc1F. The first-order valence-electron chi connectivity index (χ1n) is 5.25. The molecule has 0 bridgehead atoms. The van der Waals surface area contributed by atoms with Crippen LogP contribution in [0.2, 0.25) is 0 Å². The van der Waals surface area contributed by atoms with Gasteiger partial charge in [0.25, 0.3) is 0 Å². The Morgan fingerprint density at radius 1 is 1.28 bits per heavy atom. The second kappa shape index (κ2) is 5.55. The third-order valence-electron chi connectivity index (χ3n) is 2.29. The van der Waals surface area contributed by atoms with Crippen molar-refractivity contribution in [2.45, 2.75) is 6.61 Å². The molecular weight excluding hydrogens is 242 g/mol. The Morgan fingerprint density at radius 2 is 2.11 bits per heavy atom. The number of hydrogen-bond donors (Lipinski definition) is 0. The van der Waals surface area contributed by atoms with Gasteiger partial charge in [0.1, 0.15) is 30.6 Å². The number of carbonyl (C=O) groups excluding carboxylic acids is 1. The van der Waals surface area contributed by atoms with Crippen LogP contribution in [0.25, 0.3) is 0 Å². The van der Waals surface area contributed by atoms with Crippen LogP contribution < -0.4 is 0 Å². The highest BCUT2D eigenvalue weighted by Crippen LogP contribution is 2.11. The molecule has 0 N–H and O–H groups in total. The molecule has 2 aromatic rings. The molecule has 5 heteroatoms. The zero-order valence-electron chi connectivity index (χ0n) is 9.36. The molecule has 0 unspecified atom stereocenters. The van der Waals surface area contributed by atoms with Gasteiger partial charge in [-0.3, -0.25) is 4.79 Å². The van der Waals surface area contributed by atoms with Gasteiger partial charge in [-0.25, -0.2) is 8.78 Å². The van der Waals surface area contributed by atoms with Crippen molar-refractivity contribution < 1.29 is 22.7 Å². The first kappa shape index (κ1) is 12.4. The van der Waals surface area contributed by atoms with Gasteiger partial charge < -0.3 is 9.15 Å². The van der Waals surface area contributed by atoms with E-state index in [2.05, 4.69) is 0 Å². The maximum atomic E-state index is 13.3. The van der Waals surface area contributed by atoms with Crippen LogP contribution >= 0.6 is 0 Å². The standard InChI is InChI=1S/C13H10F2O3/c14-9-3-4-12(15)11(6-9)13(16)8-17-7-10-2-1-5-18-10/h1-6H,7-8H2. The van der Waals surface area contributed by atoms with E-state index in [-0.39, 0.29) is 18.8 Å². The first-order valence-corrected chi connectivity index (χ1v) is 5.25. The fourth-order valence-corrected chi connectivity index (χ4v) is 1.43. The summed E-state index contributed by atoms with van der Waals surface area (Å²) in [5.41, 5.74) is -0.311.